The van der Waals surface area contributed by atoms with Crippen LogP contribution in [0.25, 0.3) is 0 Å². The van der Waals surface area contributed by atoms with Crippen LogP contribution in [0.15, 0.2) is 53.5 Å². The SMILES string of the molecule is CCOC(=O)CN1C(=O)[C@H]([C@@H](C)O)N=C(c2ccccc2)c2cc(Cl)ccc21. The summed E-state index contributed by atoms with van der Waals surface area (Å²) in [5.41, 5.74) is 2.42. The molecule has 0 bridgehead atoms. The maximum atomic E-state index is 13.2. The Balaban J connectivity index is 2.20. The molecule has 2 atom stereocenters. The average molecular weight is 401 g/mol. The quantitative estimate of drug-likeness (QED) is 0.783. The molecule has 3 rings (SSSR count). The average Bonchev–Trinajstić information content (AvgIpc) is 2.78. The molecular formula is C21H21ClN2O4. The van der Waals surface area contributed by atoms with Crippen molar-refractivity contribution in [3.63, 3.8) is 0 Å². The van der Waals surface area contributed by atoms with Crippen molar-refractivity contribution in [2.45, 2.75) is 26.0 Å². The van der Waals surface area contributed by atoms with E-state index in [9.17, 15) is 14.7 Å². The van der Waals surface area contributed by atoms with Crippen LogP contribution in [0.5, 0.6) is 0 Å². The van der Waals surface area contributed by atoms with Gasteiger partial charge < -0.3 is 9.84 Å². The summed E-state index contributed by atoms with van der Waals surface area (Å²) in [4.78, 5) is 31.2. The first-order chi connectivity index (χ1) is 13.4. The second kappa shape index (κ2) is 8.54. The van der Waals surface area contributed by atoms with Crippen LogP contribution in [0, 0.1) is 0 Å². The summed E-state index contributed by atoms with van der Waals surface area (Å²) in [6.45, 7) is 3.13. The van der Waals surface area contributed by atoms with Crippen LogP contribution >= 0.6 is 11.6 Å². The van der Waals surface area contributed by atoms with Crippen molar-refractivity contribution < 1.29 is 19.4 Å². The Hall–Kier alpha value is -2.70. The van der Waals surface area contributed by atoms with Gasteiger partial charge in [0.1, 0.15) is 6.54 Å². The fraction of sp³-hybridized carbons (Fsp3) is 0.286. The lowest BCUT2D eigenvalue weighted by molar-refractivity contribution is -0.142. The second-order valence-electron chi connectivity index (χ2n) is 6.42. The molecule has 0 spiro atoms. The molecule has 2 aromatic carbocycles. The summed E-state index contributed by atoms with van der Waals surface area (Å²) in [7, 11) is 0. The zero-order valence-corrected chi connectivity index (χ0v) is 16.4. The Kier molecular flexibility index (Phi) is 6.11. The molecule has 0 aromatic heterocycles. The number of hydrogen-bond donors (Lipinski definition) is 1. The van der Waals surface area contributed by atoms with Gasteiger partial charge in [0.25, 0.3) is 5.91 Å². The molecule has 0 aliphatic carbocycles. The predicted molar refractivity (Wildman–Crippen MR) is 108 cm³/mol. The van der Waals surface area contributed by atoms with Crippen LogP contribution in [-0.4, -0.2) is 48.0 Å². The Morgan fingerprint density at radius 1 is 1.29 bits per heavy atom. The van der Waals surface area contributed by atoms with Gasteiger partial charge in [-0.05, 0) is 32.0 Å². The number of esters is 1. The van der Waals surface area contributed by atoms with Gasteiger partial charge in [-0.2, -0.15) is 0 Å². The van der Waals surface area contributed by atoms with Crippen molar-refractivity contribution in [1.82, 2.24) is 0 Å². The molecule has 146 valence electrons. The van der Waals surface area contributed by atoms with Gasteiger partial charge in [0, 0.05) is 16.1 Å². The van der Waals surface area contributed by atoms with Gasteiger partial charge in [0.05, 0.1) is 24.1 Å². The third-order valence-electron chi connectivity index (χ3n) is 4.39. The molecule has 6 nitrogen and oxygen atoms in total. The van der Waals surface area contributed by atoms with Crippen molar-refractivity contribution in [3.05, 3.63) is 64.7 Å². The largest absolute Gasteiger partial charge is 0.465 e. The molecule has 1 heterocycles. The first-order valence-corrected chi connectivity index (χ1v) is 9.38. The van der Waals surface area contributed by atoms with Gasteiger partial charge >= 0.3 is 5.97 Å². The van der Waals surface area contributed by atoms with E-state index in [1.807, 2.05) is 30.3 Å². The van der Waals surface area contributed by atoms with Crippen LogP contribution < -0.4 is 4.90 Å². The number of carbonyl (C=O) groups is 2. The standard InChI is InChI=1S/C21H21ClN2O4/c1-3-28-18(26)12-24-17-10-9-15(22)11-16(17)20(14-7-5-4-6-8-14)23-19(13(2)25)21(24)27/h4-11,13,19,25H,3,12H2,1-2H3/t13-,19+/m1/s1. The number of hydrogen-bond acceptors (Lipinski definition) is 5. The molecule has 28 heavy (non-hydrogen) atoms. The number of aliphatic imine (C=N–C) groups is 1. The maximum Gasteiger partial charge on any atom is 0.326 e. The lowest BCUT2D eigenvalue weighted by atomic mass is 10.00. The highest BCUT2D eigenvalue weighted by molar-refractivity contribution is 6.32. The molecule has 1 N–H and O–H groups in total. The third-order valence-corrected chi connectivity index (χ3v) is 4.62. The van der Waals surface area contributed by atoms with Crippen LogP contribution in [-0.2, 0) is 14.3 Å². The number of amides is 1. The fourth-order valence-corrected chi connectivity index (χ4v) is 3.29. The van der Waals surface area contributed by atoms with Crippen LogP contribution in [0.4, 0.5) is 5.69 Å². The number of benzodiazepines with no additional fused rings is 1. The number of anilines is 1. The lowest BCUT2D eigenvalue weighted by Gasteiger charge is -2.25. The summed E-state index contributed by atoms with van der Waals surface area (Å²) >= 11 is 6.22. The van der Waals surface area contributed by atoms with E-state index in [-0.39, 0.29) is 13.2 Å². The van der Waals surface area contributed by atoms with Gasteiger partial charge in [-0.1, -0.05) is 41.9 Å². The fourth-order valence-electron chi connectivity index (χ4n) is 3.11. The molecule has 7 heteroatoms. The van der Waals surface area contributed by atoms with Crippen molar-refractivity contribution in [3.8, 4) is 0 Å². The van der Waals surface area contributed by atoms with Crippen molar-refractivity contribution in [1.29, 1.82) is 0 Å². The van der Waals surface area contributed by atoms with Crippen LogP contribution in [0.1, 0.15) is 25.0 Å². The van der Waals surface area contributed by atoms with E-state index in [4.69, 9.17) is 16.3 Å². The second-order valence-corrected chi connectivity index (χ2v) is 6.86. The summed E-state index contributed by atoms with van der Waals surface area (Å²) < 4.78 is 5.02. The number of aliphatic hydroxyl groups excluding tert-OH is 1. The highest BCUT2D eigenvalue weighted by Gasteiger charge is 2.35. The maximum absolute atomic E-state index is 13.2. The first kappa shape index (κ1) is 20.0. The Labute approximate surface area is 168 Å². The van der Waals surface area contributed by atoms with Gasteiger partial charge in [-0.15, -0.1) is 0 Å². The molecule has 1 aliphatic heterocycles. The molecule has 0 radical (unpaired) electrons. The lowest BCUT2D eigenvalue weighted by Crippen LogP contribution is -2.45. The normalized spacial score (nSPS) is 17.4. The molecular weight excluding hydrogens is 380 g/mol. The molecule has 1 aliphatic rings. The van der Waals surface area contributed by atoms with E-state index in [2.05, 4.69) is 4.99 Å². The summed E-state index contributed by atoms with van der Waals surface area (Å²) in [5.74, 6) is -1.01. The highest BCUT2D eigenvalue weighted by atomic mass is 35.5. The number of rotatable bonds is 5. The van der Waals surface area contributed by atoms with Gasteiger partial charge in [-0.3, -0.25) is 19.5 Å². The van der Waals surface area contributed by atoms with Crippen molar-refractivity contribution in [2.75, 3.05) is 18.1 Å². The van der Waals surface area contributed by atoms with E-state index >= 15 is 0 Å². The van der Waals surface area contributed by atoms with Crippen molar-refractivity contribution >= 4 is 34.9 Å². The van der Waals surface area contributed by atoms with E-state index in [0.29, 0.717) is 22.0 Å². The third kappa shape index (κ3) is 4.08. The molecule has 0 saturated carbocycles. The Bertz CT molecular complexity index is 912. The van der Waals surface area contributed by atoms with E-state index in [0.717, 1.165) is 5.56 Å². The van der Waals surface area contributed by atoms with Gasteiger partial charge in [-0.25, -0.2) is 0 Å². The van der Waals surface area contributed by atoms with Crippen molar-refractivity contribution in [2.24, 2.45) is 4.99 Å². The first-order valence-electron chi connectivity index (χ1n) is 9.00. The number of fused-ring (bicyclic) bond motifs is 1. The van der Waals surface area contributed by atoms with Crippen LogP contribution in [0.2, 0.25) is 5.02 Å². The molecule has 2 aromatic rings. The number of nitrogens with zero attached hydrogens (tertiary/aromatic N) is 2. The smallest absolute Gasteiger partial charge is 0.326 e. The topological polar surface area (TPSA) is 79.2 Å². The number of carbonyl (C=O) groups excluding carboxylic acids is 2. The summed E-state index contributed by atoms with van der Waals surface area (Å²) in [6.07, 6.45) is -1.04. The van der Waals surface area contributed by atoms with E-state index in [1.165, 1.54) is 11.8 Å². The van der Waals surface area contributed by atoms with E-state index < -0.39 is 24.0 Å². The Morgan fingerprint density at radius 3 is 2.64 bits per heavy atom. The summed E-state index contributed by atoms with van der Waals surface area (Å²) in [6, 6.07) is 13.3. The van der Waals surface area contributed by atoms with E-state index in [1.54, 1.807) is 25.1 Å². The number of aliphatic hydroxyl groups is 1. The molecule has 1 amide bonds. The van der Waals surface area contributed by atoms with Gasteiger partial charge in [0.2, 0.25) is 0 Å². The molecule has 0 fully saturated rings. The minimum atomic E-state index is -1.06. The Morgan fingerprint density at radius 2 is 2.00 bits per heavy atom. The summed E-state index contributed by atoms with van der Waals surface area (Å²) in [5, 5.41) is 10.7. The monoisotopic (exact) mass is 400 g/mol. The van der Waals surface area contributed by atoms with Gasteiger partial charge in [0.15, 0.2) is 6.04 Å². The minimum absolute atomic E-state index is 0.208. The predicted octanol–water partition coefficient (Wildman–Crippen LogP) is 2.84. The number of halogens is 1. The minimum Gasteiger partial charge on any atom is -0.465 e. The molecule has 0 saturated heterocycles. The zero-order valence-electron chi connectivity index (χ0n) is 15.6. The highest BCUT2D eigenvalue weighted by Crippen LogP contribution is 2.31. The van der Waals surface area contributed by atoms with Crippen LogP contribution in [0.3, 0.4) is 0 Å². The number of benzene rings is 2. The zero-order chi connectivity index (χ0) is 20.3. The number of ether oxygens (including phenoxy) is 1. The molecule has 0 unspecified atom stereocenters.